The summed E-state index contributed by atoms with van der Waals surface area (Å²) < 4.78 is 43.6. The van der Waals surface area contributed by atoms with E-state index in [0.717, 1.165) is 19.4 Å². The van der Waals surface area contributed by atoms with Crippen molar-refractivity contribution in [1.29, 1.82) is 0 Å². The van der Waals surface area contributed by atoms with Gasteiger partial charge in [-0.05, 0) is 75.7 Å². The molecule has 9 nitrogen and oxygen atoms in total. The van der Waals surface area contributed by atoms with Gasteiger partial charge in [-0.2, -0.15) is 0 Å². The molecule has 33 heavy (non-hydrogen) atoms. The number of rotatable bonds is 8. The molecular formula is C20H27BrFN5O4S2. The molecule has 2 unspecified atom stereocenters. The van der Waals surface area contributed by atoms with Crippen molar-refractivity contribution in [3.8, 4) is 0 Å². The second kappa shape index (κ2) is 11.3. The molecule has 182 valence electrons. The maximum atomic E-state index is 13.5. The first kappa shape index (κ1) is 26.1. The van der Waals surface area contributed by atoms with Gasteiger partial charge >= 0.3 is 0 Å². The number of hydrogen-bond acceptors (Lipinski definition) is 9. The summed E-state index contributed by atoms with van der Waals surface area (Å²) in [4.78, 5) is 6.27. The third-order valence-corrected chi connectivity index (χ3v) is 8.61. The Labute approximate surface area is 205 Å². The van der Waals surface area contributed by atoms with Crippen LogP contribution >= 0.6 is 27.7 Å². The first-order valence-electron chi connectivity index (χ1n) is 10.4. The molecule has 2 heterocycles. The van der Waals surface area contributed by atoms with Crippen molar-refractivity contribution in [2.75, 3.05) is 25.1 Å². The van der Waals surface area contributed by atoms with Crippen molar-refractivity contribution in [1.82, 2.24) is 20.7 Å². The van der Waals surface area contributed by atoms with Crippen LogP contribution in [-0.2, 0) is 9.84 Å². The highest BCUT2D eigenvalue weighted by Crippen LogP contribution is 2.33. The summed E-state index contributed by atoms with van der Waals surface area (Å²) in [5, 5.41) is 17.2. The number of piperidine rings is 1. The molecule has 1 fully saturated rings. The summed E-state index contributed by atoms with van der Waals surface area (Å²) in [5.41, 5.74) is 2.56. The zero-order valence-electron chi connectivity index (χ0n) is 18.5. The second-order valence-electron chi connectivity index (χ2n) is 8.24. The molecule has 0 spiro atoms. The van der Waals surface area contributed by atoms with Crippen molar-refractivity contribution in [2.24, 2.45) is 16.8 Å². The van der Waals surface area contributed by atoms with Crippen molar-refractivity contribution in [3.05, 3.63) is 34.2 Å². The highest BCUT2D eigenvalue weighted by Gasteiger charge is 2.39. The lowest BCUT2D eigenvalue weighted by atomic mass is 9.87. The lowest BCUT2D eigenvalue weighted by Crippen LogP contribution is -2.51. The van der Waals surface area contributed by atoms with Gasteiger partial charge in [0.05, 0.1) is 10.2 Å². The molecule has 1 saturated heterocycles. The van der Waals surface area contributed by atoms with Gasteiger partial charge in [-0.15, -0.1) is 0 Å². The molecule has 13 heteroatoms. The molecule has 2 atom stereocenters. The Hall–Kier alpha value is -1.54. The average Bonchev–Trinajstić information content (AvgIpc) is 3.21. The molecule has 0 aliphatic carbocycles. The number of hydrogen-bond donors (Lipinski definition) is 2. The maximum Gasteiger partial charge on any atom is 0.186 e. The van der Waals surface area contributed by atoms with Crippen LogP contribution in [0.3, 0.4) is 0 Å². The Morgan fingerprint density at radius 3 is 2.85 bits per heavy atom. The zero-order valence-corrected chi connectivity index (χ0v) is 21.8. The summed E-state index contributed by atoms with van der Waals surface area (Å²) >= 11 is 4.42. The summed E-state index contributed by atoms with van der Waals surface area (Å²) in [6.45, 7) is 5.39. The van der Waals surface area contributed by atoms with Crippen molar-refractivity contribution < 1.29 is 22.6 Å². The number of nitrogens with zero attached hydrogens (tertiary/aromatic N) is 4. The number of hydroxylamine groups is 1. The number of sulfone groups is 1. The fourth-order valence-corrected chi connectivity index (χ4v) is 7.13. The van der Waals surface area contributed by atoms with Crippen LogP contribution in [-0.4, -0.2) is 65.1 Å². The van der Waals surface area contributed by atoms with Gasteiger partial charge < -0.3 is 0 Å². The van der Waals surface area contributed by atoms with Crippen LogP contribution in [0, 0.1) is 17.7 Å². The number of amidine groups is 1. The third kappa shape index (κ3) is 6.53. The summed E-state index contributed by atoms with van der Waals surface area (Å²) in [7, 11) is -3.24. The predicted molar refractivity (Wildman–Crippen MR) is 128 cm³/mol. The Bertz CT molecular complexity index is 1100. The number of aromatic nitrogens is 2. The number of nitrogens with one attached hydrogen (secondary N) is 1. The minimum absolute atomic E-state index is 0.0101. The summed E-state index contributed by atoms with van der Waals surface area (Å²) in [5.74, 6) is 0.460. The maximum absolute atomic E-state index is 13.5. The SMILES string of the molecule is CC(C)C1CCCN(CCSc2nonc2C(=Nc2ccc(F)c(Br)c2)NO)C1S(C)(=O)=O. The van der Waals surface area contributed by atoms with Gasteiger partial charge in [-0.25, -0.2) is 22.4 Å². The standard InChI is InChI=1S/C20H27BrFN5O4S2/c1-12(2)14-5-4-8-27(20(14)33(3,29)30)9-10-32-19-17(25-31-26-19)18(24-28)23-13-6-7-16(22)15(21)11-13/h6-7,11-12,14,20,28H,4-5,8-10H2,1-3H3,(H,23,24). The largest absolute Gasteiger partial charge is 0.290 e. The molecule has 2 N–H and O–H groups in total. The average molecular weight is 565 g/mol. The molecule has 0 bridgehead atoms. The Morgan fingerprint density at radius 1 is 1.45 bits per heavy atom. The van der Waals surface area contributed by atoms with Gasteiger partial charge in [-0.3, -0.25) is 15.6 Å². The molecule has 1 aromatic carbocycles. The van der Waals surface area contributed by atoms with E-state index in [2.05, 4.69) is 45.1 Å². The molecule has 0 amide bonds. The van der Waals surface area contributed by atoms with Crippen molar-refractivity contribution in [3.63, 3.8) is 0 Å². The van der Waals surface area contributed by atoms with E-state index >= 15 is 0 Å². The molecular weight excluding hydrogens is 537 g/mol. The topological polar surface area (TPSA) is 121 Å². The highest BCUT2D eigenvalue weighted by atomic mass is 79.9. The third-order valence-electron chi connectivity index (χ3n) is 5.55. The minimum atomic E-state index is -3.24. The minimum Gasteiger partial charge on any atom is -0.290 e. The van der Waals surface area contributed by atoms with Crippen LogP contribution in [0.5, 0.6) is 0 Å². The van der Waals surface area contributed by atoms with E-state index in [1.165, 1.54) is 36.2 Å². The van der Waals surface area contributed by atoms with Crippen LogP contribution in [0.4, 0.5) is 10.1 Å². The van der Waals surface area contributed by atoms with E-state index in [4.69, 9.17) is 4.63 Å². The summed E-state index contributed by atoms with van der Waals surface area (Å²) in [6, 6.07) is 4.15. The first-order valence-corrected chi connectivity index (χ1v) is 14.2. The molecule has 1 aromatic heterocycles. The summed E-state index contributed by atoms with van der Waals surface area (Å²) in [6.07, 6.45) is 3.16. The molecule has 2 aromatic rings. The Kier molecular flexibility index (Phi) is 8.89. The second-order valence-corrected chi connectivity index (χ2v) is 12.3. The lowest BCUT2D eigenvalue weighted by molar-refractivity contribution is 0.123. The molecule has 1 aliphatic rings. The van der Waals surface area contributed by atoms with Crippen molar-refractivity contribution >= 4 is 49.1 Å². The van der Waals surface area contributed by atoms with E-state index in [-0.39, 0.29) is 27.8 Å². The Morgan fingerprint density at radius 2 is 2.21 bits per heavy atom. The quantitative estimate of drug-likeness (QED) is 0.213. The van der Waals surface area contributed by atoms with Gasteiger partial charge in [0.25, 0.3) is 0 Å². The van der Waals surface area contributed by atoms with Crippen LogP contribution in [0.1, 0.15) is 32.4 Å². The van der Waals surface area contributed by atoms with Gasteiger partial charge in [-0.1, -0.05) is 25.6 Å². The smallest absolute Gasteiger partial charge is 0.186 e. The van der Waals surface area contributed by atoms with E-state index in [0.29, 0.717) is 23.0 Å². The highest BCUT2D eigenvalue weighted by molar-refractivity contribution is 9.10. The fraction of sp³-hybridized carbons (Fsp3) is 0.550. The number of aliphatic imine (C=N–C) groups is 1. The molecule has 1 aliphatic heterocycles. The fourth-order valence-electron chi connectivity index (χ4n) is 4.05. The van der Waals surface area contributed by atoms with Crippen LogP contribution in [0.2, 0.25) is 0 Å². The number of benzene rings is 1. The molecule has 3 rings (SSSR count). The van der Waals surface area contributed by atoms with Gasteiger partial charge in [0.15, 0.2) is 26.4 Å². The van der Waals surface area contributed by atoms with Gasteiger partial charge in [0.1, 0.15) is 11.2 Å². The normalized spacial score (nSPS) is 20.4. The number of likely N-dealkylation sites (tertiary alicyclic amines) is 1. The first-order chi connectivity index (χ1) is 15.6. The Balaban J connectivity index is 1.72. The van der Waals surface area contributed by atoms with Gasteiger partial charge in [0.2, 0.25) is 0 Å². The lowest BCUT2D eigenvalue weighted by Gasteiger charge is -2.41. The number of thioether (sulfide) groups is 1. The van der Waals surface area contributed by atoms with Crippen LogP contribution in [0.25, 0.3) is 0 Å². The monoisotopic (exact) mass is 563 g/mol. The molecule has 0 saturated carbocycles. The van der Waals surface area contributed by atoms with E-state index in [9.17, 15) is 18.0 Å². The van der Waals surface area contributed by atoms with Crippen molar-refractivity contribution in [2.45, 2.75) is 37.1 Å². The van der Waals surface area contributed by atoms with Gasteiger partial charge in [0, 0.05) is 18.6 Å². The molecule has 0 radical (unpaired) electrons. The van der Waals surface area contributed by atoms with E-state index in [1.54, 1.807) is 0 Å². The van der Waals surface area contributed by atoms with Crippen LogP contribution < -0.4 is 5.48 Å². The zero-order chi connectivity index (χ0) is 24.2. The van der Waals surface area contributed by atoms with E-state index < -0.39 is 21.0 Å². The van der Waals surface area contributed by atoms with Crippen LogP contribution in [0.15, 0.2) is 37.3 Å². The predicted octanol–water partition coefficient (Wildman–Crippen LogP) is 3.86. The number of halogens is 2. The van der Waals surface area contributed by atoms with E-state index in [1.807, 2.05) is 10.4 Å².